The predicted molar refractivity (Wildman–Crippen MR) is 68.1 cm³/mol. The maximum atomic E-state index is 11.4. The van der Waals surface area contributed by atoms with Gasteiger partial charge in [0.15, 0.2) is 0 Å². The van der Waals surface area contributed by atoms with Gasteiger partial charge in [0.1, 0.15) is 0 Å². The Balaban J connectivity index is 2.03. The number of urea groups is 1. The summed E-state index contributed by atoms with van der Waals surface area (Å²) in [6.07, 6.45) is 5.88. The molecule has 1 aliphatic carbocycles. The van der Waals surface area contributed by atoms with Crippen molar-refractivity contribution in [2.45, 2.75) is 32.6 Å². The Morgan fingerprint density at radius 1 is 1.22 bits per heavy atom. The molecule has 0 heterocycles. The lowest BCUT2D eigenvalue weighted by Crippen LogP contribution is -2.38. The Kier molecular flexibility index (Phi) is 6.68. The van der Waals surface area contributed by atoms with E-state index in [0.717, 1.165) is 12.8 Å². The van der Waals surface area contributed by atoms with Crippen molar-refractivity contribution >= 4 is 12.1 Å². The third kappa shape index (κ3) is 6.12. The first-order chi connectivity index (χ1) is 8.72. The number of carbonyl (C=O) groups excluding carboxylic acids is 2. The van der Waals surface area contributed by atoms with Crippen LogP contribution in [0.15, 0.2) is 11.8 Å². The monoisotopic (exact) mass is 255 g/mol. The lowest BCUT2D eigenvalue weighted by Gasteiger charge is -2.07. The summed E-state index contributed by atoms with van der Waals surface area (Å²) < 4.78 is 4.68. The summed E-state index contributed by atoms with van der Waals surface area (Å²) in [4.78, 5) is 22.3. The number of allylic oxidation sites excluding steroid dienone is 1. The van der Waals surface area contributed by atoms with E-state index in [1.54, 1.807) is 13.1 Å². The van der Waals surface area contributed by atoms with Gasteiger partial charge >= 0.3 is 12.1 Å². The van der Waals surface area contributed by atoms with Crippen molar-refractivity contribution < 1.29 is 14.3 Å². The summed E-state index contributed by atoms with van der Waals surface area (Å²) >= 11 is 0. The molecule has 3 amide bonds. The minimum atomic E-state index is -0.465. The van der Waals surface area contributed by atoms with Gasteiger partial charge in [-0.25, -0.2) is 9.59 Å². The highest BCUT2D eigenvalue weighted by atomic mass is 16.5. The van der Waals surface area contributed by atoms with E-state index in [9.17, 15) is 9.59 Å². The maximum Gasteiger partial charge on any atom is 0.407 e. The van der Waals surface area contributed by atoms with Crippen LogP contribution in [0.1, 0.15) is 32.6 Å². The molecule has 0 saturated heterocycles. The molecule has 0 aliphatic heterocycles. The van der Waals surface area contributed by atoms with E-state index < -0.39 is 6.09 Å². The second kappa shape index (κ2) is 8.38. The summed E-state index contributed by atoms with van der Waals surface area (Å²) in [5.74, 6) is 0. The molecule has 0 bridgehead atoms. The van der Waals surface area contributed by atoms with Gasteiger partial charge in [0.05, 0.1) is 6.61 Å². The van der Waals surface area contributed by atoms with E-state index in [0.29, 0.717) is 19.7 Å². The van der Waals surface area contributed by atoms with E-state index in [1.807, 2.05) is 0 Å². The molecule has 1 rings (SSSR count). The van der Waals surface area contributed by atoms with Crippen LogP contribution in [0.25, 0.3) is 0 Å². The van der Waals surface area contributed by atoms with Crippen LogP contribution >= 0.6 is 0 Å². The molecule has 102 valence electrons. The molecule has 1 fully saturated rings. The number of hydrogen-bond donors (Lipinski definition) is 3. The molecule has 18 heavy (non-hydrogen) atoms. The first kappa shape index (κ1) is 14.3. The Labute approximate surface area is 107 Å². The summed E-state index contributed by atoms with van der Waals surface area (Å²) in [5.41, 5.74) is 1.29. The van der Waals surface area contributed by atoms with E-state index in [1.165, 1.54) is 18.4 Å². The number of alkyl carbamates (subject to hydrolysis) is 1. The fourth-order valence-corrected chi connectivity index (χ4v) is 1.71. The van der Waals surface area contributed by atoms with Crippen molar-refractivity contribution in [2.24, 2.45) is 0 Å². The molecule has 0 aromatic rings. The van der Waals surface area contributed by atoms with E-state index in [4.69, 9.17) is 0 Å². The fraction of sp³-hybridized carbons (Fsp3) is 0.667. The van der Waals surface area contributed by atoms with Crippen LogP contribution in [0.2, 0.25) is 0 Å². The Morgan fingerprint density at radius 3 is 2.56 bits per heavy atom. The lowest BCUT2D eigenvalue weighted by molar-refractivity contribution is 0.152. The van der Waals surface area contributed by atoms with Gasteiger partial charge in [-0.1, -0.05) is 5.57 Å². The van der Waals surface area contributed by atoms with Crippen LogP contribution < -0.4 is 16.0 Å². The molecular formula is C12H21N3O3. The van der Waals surface area contributed by atoms with Crippen LogP contribution in [0.4, 0.5) is 9.59 Å². The summed E-state index contributed by atoms with van der Waals surface area (Å²) in [6.45, 7) is 2.80. The molecule has 0 atom stereocenters. The molecule has 0 spiro atoms. The summed E-state index contributed by atoms with van der Waals surface area (Å²) in [6, 6.07) is -0.250. The van der Waals surface area contributed by atoms with Crippen molar-refractivity contribution in [3.05, 3.63) is 11.8 Å². The third-order valence-corrected chi connectivity index (χ3v) is 2.61. The normalized spacial score (nSPS) is 13.9. The van der Waals surface area contributed by atoms with Crippen LogP contribution in [0, 0.1) is 0 Å². The second-order valence-corrected chi connectivity index (χ2v) is 4.06. The minimum Gasteiger partial charge on any atom is -0.450 e. The molecule has 0 radical (unpaired) electrons. The van der Waals surface area contributed by atoms with Crippen LogP contribution in [-0.4, -0.2) is 31.8 Å². The average Bonchev–Trinajstić information content (AvgIpc) is 2.85. The van der Waals surface area contributed by atoms with Gasteiger partial charge in [0, 0.05) is 19.3 Å². The number of amides is 3. The Morgan fingerprint density at radius 2 is 1.89 bits per heavy atom. The van der Waals surface area contributed by atoms with Crippen molar-refractivity contribution in [2.75, 3.05) is 19.7 Å². The summed E-state index contributed by atoms with van der Waals surface area (Å²) in [5, 5.41) is 7.84. The van der Waals surface area contributed by atoms with Crippen molar-refractivity contribution in [1.82, 2.24) is 16.0 Å². The Bertz CT molecular complexity index is 308. The van der Waals surface area contributed by atoms with Gasteiger partial charge in [-0.15, -0.1) is 0 Å². The summed E-state index contributed by atoms with van der Waals surface area (Å²) in [7, 11) is 0. The first-order valence-electron chi connectivity index (χ1n) is 6.35. The molecule has 1 aliphatic rings. The SMILES string of the molecule is CCOC(=O)NCCNC(=O)NC=C1CCCC1. The van der Waals surface area contributed by atoms with Crippen LogP contribution in [0.5, 0.6) is 0 Å². The minimum absolute atomic E-state index is 0.250. The number of ether oxygens (including phenoxy) is 1. The molecule has 6 nitrogen and oxygen atoms in total. The van der Waals surface area contributed by atoms with Crippen LogP contribution in [0.3, 0.4) is 0 Å². The van der Waals surface area contributed by atoms with Gasteiger partial charge in [-0.2, -0.15) is 0 Å². The van der Waals surface area contributed by atoms with E-state index in [-0.39, 0.29) is 6.03 Å². The third-order valence-electron chi connectivity index (χ3n) is 2.61. The Hall–Kier alpha value is -1.72. The molecular weight excluding hydrogens is 234 g/mol. The quantitative estimate of drug-likeness (QED) is 0.651. The van der Waals surface area contributed by atoms with E-state index in [2.05, 4.69) is 20.7 Å². The van der Waals surface area contributed by atoms with Crippen molar-refractivity contribution in [1.29, 1.82) is 0 Å². The van der Waals surface area contributed by atoms with Gasteiger partial charge in [-0.3, -0.25) is 0 Å². The smallest absolute Gasteiger partial charge is 0.407 e. The highest BCUT2D eigenvalue weighted by molar-refractivity contribution is 5.75. The lowest BCUT2D eigenvalue weighted by atomic mass is 10.2. The van der Waals surface area contributed by atoms with Gasteiger partial charge < -0.3 is 20.7 Å². The van der Waals surface area contributed by atoms with Gasteiger partial charge in [0.2, 0.25) is 0 Å². The highest BCUT2D eigenvalue weighted by Crippen LogP contribution is 2.22. The first-order valence-corrected chi connectivity index (χ1v) is 6.35. The van der Waals surface area contributed by atoms with Gasteiger partial charge in [0.25, 0.3) is 0 Å². The topological polar surface area (TPSA) is 79.5 Å². The number of rotatable bonds is 5. The zero-order chi connectivity index (χ0) is 13.2. The second-order valence-electron chi connectivity index (χ2n) is 4.06. The van der Waals surface area contributed by atoms with Crippen LogP contribution in [-0.2, 0) is 4.74 Å². The fourth-order valence-electron chi connectivity index (χ4n) is 1.71. The van der Waals surface area contributed by atoms with Crippen molar-refractivity contribution in [3.63, 3.8) is 0 Å². The van der Waals surface area contributed by atoms with Gasteiger partial charge in [-0.05, 0) is 32.6 Å². The molecule has 0 aromatic carbocycles. The largest absolute Gasteiger partial charge is 0.450 e. The zero-order valence-corrected chi connectivity index (χ0v) is 10.8. The number of hydrogen-bond acceptors (Lipinski definition) is 3. The molecule has 0 aromatic heterocycles. The molecule has 3 N–H and O–H groups in total. The molecule has 1 saturated carbocycles. The molecule has 0 unspecified atom stereocenters. The molecule has 6 heteroatoms. The zero-order valence-electron chi connectivity index (χ0n) is 10.8. The maximum absolute atomic E-state index is 11.4. The number of carbonyl (C=O) groups is 2. The highest BCUT2D eigenvalue weighted by Gasteiger charge is 2.06. The predicted octanol–water partition coefficient (Wildman–Crippen LogP) is 1.49. The number of nitrogens with one attached hydrogen (secondary N) is 3. The average molecular weight is 255 g/mol. The van der Waals surface area contributed by atoms with E-state index >= 15 is 0 Å². The van der Waals surface area contributed by atoms with Crippen molar-refractivity contribution in [3.8, 4) is 0 Å². The standard InChI is InChI=1S/C12H21N3O3/c1-2-18-12(17)14-8-7-13-11(16)15-9-10-5-3-4-6-10/h9H,2-8H2,1H3,(H,14,17)(H2,13,15,16).